The molecular weight excluding hydrogens is 334 g/mol. The standard InChI is InChI=1S/C19H16ClN5/c20-12-5-8-14-16(9-12)22-11-23-19(14)21-10-18-24-15-3-1-2-4-17(15)25(18)13-6-7-13/h1-5,8-9,11,13H,6-7,10H2,(H,21,22,23). The van der Waals surface area contributed by atoms with E-state index in [4.69, 9.17) is 16.6 Å². The van der Waals surface area contributed by atoms with Gasteiger partial charge in [0.2, 0.25) is 0 Å². The Kier molecular flexibility index (Phi) is 3.35. The summed E-state index contributed by atoms with van der Waals surface area (Å²) in [5.41, 5.74) is 3.09. The fourth-order valence-corrected chi connectivity index (χ4v) is 3.46. The number of anilines is 1. The van der Waals surface area contributed by atoms with Crippen molar-refractivity contribution in [3.63, 3.8) is 0 Å². The highest BCUT2D eigenvalue weighted by Gasteiger charge is 2.27. The number of rotatable bonds is 4. The van der Waals surface area contributed by atoms with Gasteiger partial charge in [-0.15, -0.1) is 0 Å². The van der Waals surface area contributed by atoms with Gasteiger partial charge in [0.25, 0.3) is 0 Å². The SMILES string of the molecule is Clc1ccc2c(NCc3nc4ccccc4n3C3CC3)ncnc2c1. The normalized spacial score (nSPS) is 14.3. The minimum absolute atomic E-state index is 0.574. The average molecular weight is 350 g/mol. The number of aromatic nitrogens is 4. The second kappa shape index (κ2) is 5.70. The molecule has 5 nitrogen and oxygen atoms in total. The van der Waals surface area contributed by atoms with Crippen LogP contribution in [0.15, 0.2) is 48.8 Å². The summed E-state index contributed by atoms with van der Waals surface area (Å²) in [6, 6.07) is 14.6. The first-order chi connectivity index (χ1) is 12.3. The second-order valence-corrected chi connectivity index (χ2v) is 6.79. The predicted molar refractivity (Wildman–Crippen MR) is 99.9 cm³/mol. The number of halogens is 1. The van der Waals surface area contributed by atoms with E-state index in [1.165, 1.54) is 18.4 Å². The molecule has 2 aromatic heterocycles. The van der Waals surface area contributed by atoms with Gasteiger partial charge in [-0.1, -0.05) is 23.7 Å². The molecule has 6 heteroatoms. The number of benzene rings is 2. The molecule has 1 N–H and O–H groups in total. The third kappa shape index (κ3) is 2.61. The molecule has 0 unspecified atom stereocenters. The minimum atomic E-state index is 0.574. The van der Waals surface area contributed by atoms with E-state index in [9.17, 15) is 0 Å². The van der Waals surface area contributed by atoms with E-state index in [0.29, 0.717) is 17.6 Å². The maximum absolute atomic E-state index is 6.06. The van der Waals surface area contributed by atoms with E-state index in [1.54, 1.807) is 6.33 Å². The molecular formula is C19H16ClN5. The third-order valence-electron chi connectivity index (χ3n) is 4.59. The smallest absolute Gasteiger partial charge is 0.137 e. The Bertz CT molecular complexity index is 1080. The number of hydrogen-bond donors (Lipinski definition) is 1. The highest BCUT2D eigenvalue weighted by Crippen LogP contribution is 2.38. The molecule has 0 radical (unpaired) electrons. The van der Waals surface area contributed by atoms with Gasteiger partial charge in [-0.05, 0) is 43.2 Å². The van der Waals surface area contributed by atoms with Gasteiger partial charge in [0.1, 0.15) is 18.0 Å². The van der Waals surface area contributed by atoms with Crippen LogP contribution in [0.1, 0.15) is 24.7 Å². The first kappa shape index (κ1) is 14.7. The maximum atomic E-state index is 6.06. The Balaban J connectivity index is 1.51. The van der Waals surface area contributed by atoms with Crippen LogP contribution in [0.2, 0.25) is 5.02 Å². The average Bonchev–Trinajstić information content (AvgIpc) is 3.39. The van der Waals surface area contributed by atoms with Crippen molar-refractivity contribution in [1.82, 2.24) is 19.5 Å². The summed E-state index contributed by atoms with van der Waals surface area (Å²) in [6.45, 7) is 0.625. The molecule has 2 heterocycles. The summed E-state index contributed by atoms with van der Waals surface area (Å²) in [5.74, 6) is 1.85. The van der Waals surface area contributed by atoms with Gasteiger partial charge in [-0.2, -0.15) is 0 Å². The van der Waals surface area contributed by atoms with E-state index < -0.39 is 0 Å². The van der Waals surface area contributed by atoms with Crippen LogP contribution in [-0.4, -0.2) is 19.5 Å². The van der Waals surface area contributed by atoms with Crippen molar-refractivity contribution in [3.8, 4) is 0 Å². The molecule has 0 atom stereocenters. The van der Waals surface area contributed by atoms with Gasteiger partial charge >= 0.3 is 0 Å². The lowest BCUT2D eigenvalue weighted by atomic mass is 10.2. The number of nitrogens with zero attached hydrogens (tertiary/aromatic N) is 4. The van der Waals surface area contributed by atoms with E-state index >= 15 is 0 Å². The van der Waals surface area contributed by atoms with Crippen molar-refractivity contribution >= 4 is 39.4 Å². The van der Waals surface area contributed by atoms with Gasteiger partial charge in [0.15, 0.2) is 0 Å². The highest BCUT2D eigenvalue weighted by atomic mass is 35.5. The zero-order valence-electron chi connectivity index (χ0n) is 13.5. The molecule has 1 aliphatic rings. The van der Waals surface area contributed by atoms with Gasteiger partial charge in [-0.3, -0.25) is 0 Å². The molecule has 1 aliphatic carbocycles. The molecule has 0 aliphatic heterocycles. The number of para-hydroxylation sites is 2. The van der Waals surface area contributed by atoms with Crippen LogP contribution in [0.4, 0.5) is 5.82 Å². The van der Waals surface area contributed by atoms with Crippen molar-refractivity contribution < 1.29 is 0 Å². The molecule has 0 spiro atoms. The summed E-state index contributed by atoms with van der Waals surface area (Å²) in [7, 11) is 0. The van der Waals surface area contributed by atoms with Crippen LogP contribution in [0, 0.1) is 0 Å². The van der Waals surface area contributed by atoms with Crippen molar-refractivity contribution in [3.05, 3.63) is 59.6 Å². The van der Waals surface area contributed by atoms with Gasteiger partial charge < -0.3 is 9.88 Å². The van der Waals surface area contributed by atoms with Crippen molar-refractivity contribution in [2.45, 2.75) is 25.4 Å². The van der Waals surface area contributed by atoms with E-state index in [1.807, 2.05) is 24.3 Å². The molecule has 5 rings (SSSR count). The first-order valence-electron chi connectivity index (χ1n) is 8.39. The number of nitrogens with one attached hydrogen (secondary N) is 1. The Morgan fingerprint density at radius 1 is 1.08 bits per heavy atom. The summed E-state index contributed by atoms with van der Waals surface area (Å²) >= 11 is 6.06. The molecule has 1 fully saturated rings. The fraction of sp³-hybridized carbons (Fsp3) is 0.211. The Morgan fingerprint density at radius 3 is 2.84 bits per heavy atom. The fourth-order valence-electron chi connectivity index (χ4n) is 3.29. The summed E-state index contributed by atoms with van der Waals surface area (Å²) in [4.78, 5) is 13.5. The quantitative estimate of drug-likeness (QED) is 0.586. The lowest BCUT2D eigenvalue weighted by Crippen LogP contribution is -2.09. The van der Waals surface area contributed by atoms with Crippen molar-refractivity contribution in [2.24, 2.45) is 0 Å². The largest absolute Gasteiger partial charge is 0.362 e. The third-order valence-corrected chi connectivity index (χ3v) is 4.83. The van der Waals surface area contributed by atoms with E-state index in [0.717, 1.165) is 28.1 Å². The first-order valence-corrected chi connectivity index (χ1v) is 8.77. The Morgan fingerprint density at radius 2 is 1.96 bits per heavy atom. The van der Waals surface area contributed by atoms with E-state index in [-0.39, 0.29) is 0 Å². The molecule has 124 valence electrons. The number of imidazole rings is 1. The maximum Gasteiger partial charge on any atom is 0.137 e. The summed E-state index contributed by atoms with van der Waals surface area (Å²) < 4.78 is 2.36. The second-order valence-electron chi connectivity index (χ2n) is 6.36. The van der Waals surface area contributed by atoms with Gasteiger partial charge in [-0.25, -0.2) is 15.0 Å². The van der Waals surface area contributed by atoms with Crippen LogP contribution >= 0.6 is 11.6 Å². The van der Waals surface area contributed by atoms with Crippen LogP contribution in [0.3, 0.4) is 0 Å². The van der Waals surface area contributed by atoms with Crippen LogP contribution in [-0.2, 0) is 6.54 Å². The zero-order chi connectivity index (χ0) is 16.8. The molecule has 25 heavy (non-hydrogen) atoms. The predicted octanol–water partition coefficient (Wildman–Crippen LogP) is 4.58. The molecule has 0 bridgehead atoms. The highest BCUT2D eigenvalue weighted by molar-refractivity contribution is 6.31. The van der Waals surface area contributed by atoms with E-state index in [2.05, 4.69) is 38.1 Å². The molecule has 0 amide bonds. The van der Waals surface area contributed by atoms with Gasteiger partial charge in [0, 0.05) is 16.5 Å². The van der Waals surface area contributed by atoms with Crippen molar-refractivity contribution in [1.29, 1.82) is 0 Å². The molecule has 2 aromatic carbocycles. The monoisotopic (exact) mass is 349 g/mol. The Labute approximate surface area is 149 Å². The molecule has 0 saturated heterocycles. The Hall–Kier alpha value is -2.66. The topological polar surface area (TPSA) is 55.6 Å². The summed E-state index contributed by atoms with van der Waals surface area (Å²) in [5, 5.41) is 5.06. The lowest BCUT2D eigenvalue weighted by molar-refractivity contribution is 0.710. The molecule has 1 saturated carbocycles. The van der Waals surface area contributed by atoms with Crippen LogP contribution in [0.5, 0.6) is 0 Å². The van der Waals surface area contributed by atoms with Crippen LogP contribution in [0.25, 0.3) is 21.9 Å². The van der Waals surface area contributed by atoms with Crippen molar-refractivity contribution in [2.75, 3.05) is 5.32 Å². The van der Waals surface area contributed by atoms with Gasteiger partial charge in [0.05, 0.1) is 23.1 Å². The lowest BCUT2D eigenvalue weighted by Gasteiger charge is -2.10. The molecule has 4 aromatic rings. The summed E-state index contributed by atoms with van der Waals surface area (Å²) in [6.07, 6.45) is 4.01. The number of fused-ring (bicyclic) bond motifs is 2. The number of hydrogen-bond acceptors (Lipinski definition) is 4. The van der Waals surface area contributed by atoms with Crippen LogP contribution < -0.4 is 5.32 Å². The minimum Gasteiger partial charge on any atom is -0.362 e. The zero-order valence-corrected chi connectivity index (χ0v) is 14.2.